The lowest BCUT2D eigenvalue weighted by molar-refractivity contribution is -0.383. The second-order valence-electron chi connectivity index (χ2n) is 4.23. The molecular weight excluding hydrogens is 274 g/mol. The summed E-state index contributed by atoms with van der Waals surface area (Å²) in [6.07, 6.45) is 6.52. The topological polar surface area (TPSA) is 105 Å². The number of aromatic nitrogens is 1. The lowest BCUT2D eigenvalue weighted by Crippen LogP contribution is -2.28. The minimum absolute atomic E-state index is 0.00588. The number of non-ortho nitro benzene ring substituents is 1. The summed E-state index contributed by atoms with van der Waals surface area (Å²) in [5.41, 5.74) is 0.490. The predicted octanol–water partition coefficient (Wildman–Crippen LogP) is 2.03. The third kappa shape index (κ3) is 2.90. The van der Waals surface area contributed by atoms with E-state index in [2.05, 4.69) is 16.2 Å². The first-order valence-corrected chi connectivity index (χ1v) is 5.99. The van der Waals surface area contributed by atoms with Crippen LogP contribution in [-0.2, 0) is 4.79 Å². The molecule has 0 saturated heterocycles. The number of benzene rings is 1. The van der Waals surface area contributed by atoms with E-state index in [9.17, 15) is 14.9 Å². The van der Waals surface area contributed by atoms with Crippen molar-refractivity contribution in [1.82, 2.24) is 4.98 Å². The Morgan fingerprint density at radius 1 is 1.52 bits per heavy atom. The molecule has 7 nitrogen and oxygen atoms in total. The summed E-state index contributed by atoms with van der Waals surface area (Å²) < 4.78 is 0. The molecule has 106 valence electrons. The van der Waals surface area contributed by atoms with Gasteiger partial charge in [0, 0.05) is 29.8 Å². The van der Waals surface area contributed by atoms with E-state index in [4.69, 9.17) is 11.5 Å². The van der Waals surface area contributed by atoms with Gasteiger partial charge >= 0.3 is 5.97 Å². The molecule has 0 fully saturated rings. The maximum atomic E-state index is 11.1. The molecule has 0 amide bonds. The van der Waals surface area contributed by atoms with Gasteiger partial charge in [0.05, 0.1) is 4.92 Å². The Kier molecular flexibility index (Phi) is 4.00. The number of rotatable bonds is 5. The van der Waals surface area contributed by atoms with Crippen LogP contribution in [0.1, 0.15) is 6.42 Å². The van der Waals surface area contributed by atoms with Crippen LogP contribution in [0.2, 0.25) is 0 Å². The lowest BCUT2D eigenvalue weighted by atomic mass is 10.1. The summed E-state index contributed by atoms with van der Waals surface area (Å²) in [5, 5.41) is 23.3. The highest BCUT2D eigenvalue weighted by Gasteiger charge is 2.19. The molecule has 7 heteroatoms. The standard InChI is InChI=1S/C14H11N3O4/c1-2-4-11(14(18)19)16-10-7-8-15-13-9(10)5-3-6-12(13)17(20)21/h1,3,5-8,11H,4H2,(H,15,16)(H,18,19). The summed E-state index contributed by atoms with van der Waals surface area (Å²) >= 11 is 0. The minimum Gasteiger partial charge on any atom is -0.480 e. The number of fused-ring (bicyclic) bond motifs is 1. The van der Waals surface area contributed by atoms with E-state index in [1.165, 1.54) is 18.3 Å². The van der Waals surface area contributed by atoms with Crippen molar-refractivity contribution in [3.63, 3.8) is 0 Å². The zero-order valence-corrected chi connectivity index (χ0v) is 10.8. The van der Waals surface area contributed by atoms with E-state index in [1.54, 1.807) is 12.1 Å². The average molecular weight is 285 g/mol. The van der Waals surface area contributed by atoms with Crippen LogP contribution in [-0.4, -0.2) is 27.0 Å². The maximum absolute atomic E-state index is 11.1. The fourth-order valence-corrected chi connectivity index (χ4v) is 1.94. The average Bonchev–Trinajstić information content (AvgIpc) is 2.46. The second-order valence-corrected chi connectivity index (χ2v) is 4.23. The molecule has 1 unspecified atom stereocenters. The van der Waals surface area contributed by atoms with Crippen molar-refractivity contribution in [2.75, 3.05) is 5.32 Å². The number of carbonyl (C=O) groups is 1. The van der Waals surface area contributed by atoms with Gasteiger partial charge in [-0.1, -0.05) is 12.1 Å². The van der Waals surface area contributed by atoms with Crippen LogP contribution in [0.5, 0.6) is 0 Å². The number of nitrogens with one attached hydrogen (secondary N) is 1. The molecule has 21 heavy (non-hydrogen) atoms. The number of hydrogen-bond acceptors (Lipinski definition) is 5. The first kappa shape index (κ1) is 14.3. The van der Waals surface area contributed by atoms with Gasteiger partial charge in [0.25, 0.3) is 5.69 Å². The molecule has 2 aromatic rings. The number of nitro groups is 1. The van der Waals surface area contributed by atoms with Gasteiger partial charge in [-0.3, -0.25) is 10.1 Å². The molecular formula is C14H11N3O4. The summed E-state index contributed by atoms with van der Waals surface area (Å²) in [6, 6.07) is 5.07. The first-order valence-electron chi connectivity index (χ1n) is 5.99. The molecule has 0 saturated carbocycles. The number of nitro benzene ring substituents is 1. The molecule has 0 aliphatic carbocycles. The van der Waals surface area contributed by atoms with Gasteiger partial charge in [-0.25, -0.2) is 9.78 Å². The smallest absolute Gasteiger partial charge is 0.327 e. The number of anilines is 1. The molecule has 0 bridgehead atoms. The van der Waals surface area contributed by atoms with E-state index >= 15 is 0 Å². The van der Waals surface area contributed by atoms with Gasteiger partial charge < -0.3 is 10.4 Å². The highest BCUT2D eigenvalue weighted by molar-refractivity contribution is 5.97. The molecule has 2 rings (SSSR count). The van der Waals surface area contributed by atoms with Crippen LogP contribution in [0.15, 0.2) is 30.5 Å². The molecule has 0 aliphatic heterocycles. The van der Waals surface area contributed by atoms with Crippen LogP contribution >= 0.6 is 0 Å². The SMILES string of the molecule is C#CCC(Nc1ccnc2c([N+](=O)[O-])cccc12)C(=O)O. The van der Waals surface area contributed by atoms with Crippen molar-refractivity contribution in [3.8, 4) is 12.3 Å². The molecule has 1 aromatic carbocycles. The van der Waals surface area contributed by atoms with Crippen LogP contribution in [0.25, 0.3) is 10.9 Å². The van der Waals surface area contributed by atoms with Crippen molar-refractivity contribution in [1.29, 1.82) is 0 Å². The molecule has 0 radical (unpaired) electrons. The van der Waals surface area contributed by atoms with Crippen molar-refractivity contribution >= 4 is 28.2 Å². The van der Waals surface area contributed by atoms with E-state index < -0.39 is 16.9 Å². The molecule has 1 heterocycles. The van der Waals surface area contributed by atoms with E-state index in [0.717, 1.165) is 0 Å². The molecule has 0 aliphatic rings. The van der Waals surface area contributed by atoms with Crippen LogP contribution in [0.4, 0.5) is 11.4 Å². The normalized spacial score (nSPS) is 11.6. The van der Waals surface area contributed by atoms with Crippen LogP contribution in [0, 0.1) is 22.5 Å². The third-order valence-electron chi connectivity index (χ3n) is 2.90. The van der Waals surface area contributed by atoms with E-state index in [1.807, 2.05) is 0 Å². The Hall–Kier alpha value is -3.14. The predicted molar refractivity (Wildman–Crippen MR) is 76.9 cm³/mol. The fourth-order valence-electron chi connectivity index (χ4n) is 1.94. The Morgan fingerprint density at radius 2 is 2.29 bits per heavy atom. The number of carboxylic acid groups (broad SMARTS) is 1. The Bertz CT molecular complexity index is 751. The van der Waals surface area contributed by atoms with E-state index in [-0.39, 0.29) is 17.6 Å². The molecule has 1 aromatic heterocycles. The molecule has 1 atom stereocenters. The van der Waals surface area contributed by atoms with Crippen LogP contribution < -0.4 is 5.32 Å². The zero-order chi connectivity index (χ0) is 15.4. The van der Waals surface area contributed by atoms with Gasteiger partial charge in [0.1, 0.15) is 11.6 Å². The second kappa shape index (κ2) is 5.88. The zero-order valence-electron chi connectivity index (χ0n) is 10.8. The summed E-state index contributed by atoms with van der Waals surface area (Å²) in [5.74, 6) is 1.19. The number of carboxylic acids is 1. The Balaban J connectivity index is 2.51. The molecule has 2 N–H and O–H groups in total. The number of terminal acetylenes is 1. The maximum Gasteiger partial charge on any atom is 0.327 e. The number of aliphatic carboxylic acids is 1. The number of para-hydroxylation sites is 1. The van der Waals surface area contributed by atoms with Crippen molar-refractivity contribution in [2.45, 2.75) is 12.5 Å². The highest BCUT2D eigenvalue weighted by atomic mass is 16.6. The molecule has 0 spiro atoms. The van der Waals surface area contributed by atoms with Crippen molar-refractivity contribution in [2.24, 2.45) is 0 Å². The highest BCUT2D eigenvalue weighted by Crippen LogP contribution is 2.29. The number of hydrogen-bond donors (Lipinski definition) is 2. The van der Waals surface area contributed by atoms with Gasteiger partial charge in [0.2, 0.25) is 0 Å². The number of nitrogens with zero attached hydrogens (tertiary/aromatic N) is 2. The van der Waals surface area contributed by atoms with E-state index in [0.29, 0.717) is 11.1 Å². The fraction of sp³-hybridized carbons (Fsp3) is 0.143. The summed E-state index contributed by atoms with van der Waals surface area (Å²) in [7, 11) is 0. The minimum atomic E-state index is -1.09. The Morgan fingerprint density at radius 3 is 2.90 bits per heavy atom. The largest absolute Gasteiger partial charge is 0.480 e. The van der Waals surface area contributed by atoms with Gasteiger partial charge in [-0.2, -0.15) is 0 Å². The Labute approximate surface area is 119 Å². The summed E-state index contributed by atoms with van der Waals surface area (Å²) in [4.78, 5) is 25.6. The first-order chi connectivity index (χ1) is 10.0. The number of pyridine rings is 1. The quantitative estimate of drug-likeness (QED) is 0.494. The lowest BCUT2D eigenvalue weighted by Gasteiger charge is -2.14. The monoisotopic (exact) mass is 285 g/mol. The van der Waals surface area contributed by atoms with Crippen molar-refractivity contribution < 1.29 is 14.8 Å². The van der Waals surface area contributed by atoms with Gasteiger partial charge in [0.15, 0.2) is 0 Å². The van der Waals surface area contributed by atoms with Crippen LogP contribution in [0.3, 0.4) is 0 Å². The van der Waals surface area contributed by atoms with Gasteiger partial charge in [-0.05, 0) is 6.07 Å². The third-order valence-corrected chi connectivity index (χ3v) is 2.90. The van der Waals surface area contributed by atoms with Crippen molar-refractivity contribution in [3.05, 3.63) is 40.6 Å². The summed E-state index contributed by atoms with van der Waals surface area (Å²) in [6.45, 7) is 0. The van der Waals surface area contributed by atoms with Gasteiger partial charge in [-0.15, -0.1) is 12.3 Å².